The summed E-state index contributed by atoms with van der Waals surface area (Å²) in [7, 11) is 0. The van der Waals surface area contributed by atoms with Crippen molar-refractivity contribution in [3.05, 3.63) is 35.6 Å². The first kappa shape index (κ1) is 16.6. The van der Waals surface area contributed by atoms with E-state index in [9.17, 15) is 14.3 Å². The van der Waals surface area contributed by atoms with Crippen LogP contribution in [0.15, 0.2) is 24.3 Å². The molecule has 1 amide bonds. The number of hydrogen-bond acceptors (Lipinski definition) is 3. The van der Waals surface area contributed by atoms with Crippen LogP contribution in [0, 0.1) is 5.82 Å². The zero-order valence-electron chi connectivity index (χ0n) is 12.1. The molecule has 5 heteroatoms. The second-order valence-electron chi connectivity index (χ2n) is 4.59. The van der Waals surface area contributed by atoms with Crippen LogP contribution in [0.4, 0.5) is 4.39 Å². The Morgan fingerprint density at radius 2 is 2.10 bits per heavy atom. The molecule has 0 heterocycles. The fourth-order valence-electron chi connectivity index (χ4n) is 2.00. The minimum Gasteiger partial charge on any atom is -0.387 e. The van der Waals surface area contributed by atoms with Crippen LogP contribution in [0.2, 0.25) is 0 Å². The van der Waals surface area contributed by atoms with Gasteiger partial charge in [-0.3, -0.25) is 4.79 Å². The molecule has 2 N–H and O–H groups in total. The largest absolute Gasteiger partial charge is 0.387 e. The van der Waals surface area contributed by atoms with E-state index in [1.807, 2.05) is 13.8 Å². The highest BCUT2D eigenvalue weighted by molar-refractivity contribution is 5.76. The average Bonchev–Trinajstić information content (AvgIpc) is 2.44. The molecular formula is C15H23FN2O2. The summed E-state index contributed by atoms with van der Waals surface area (Å²) < 4.78 is 13.0. The highest BCUT2D eigenvalue weighted by Gasteiger charge is 2.10. The fraction of sp³-hybridized carbons (Fsp3) is 0.533. The number of amides is 1. The lowest BCUT2D eigenvalue weighted by molar-refractivity contribution is -0.130. The third kappa shape index (κ3) is 5.27. The maximum absolute atomic E-state index is 13.0. The lowest BCUT2D eigenvalue weighted by Gasteiger charge is -2.19. The molecule has 0 aliphatic carbocycles. The van der Waals surface area contributed by atoms with E-state index in [-0.39, 0.29) is 11.7 Å². The van der Waals surface area contributed by atoms with Crippen molar-refractivity contribution < 1.29 is 14.3 Å². The van der Waals surface area contributed by atoms with E-state index < -0.39 is 6.10 Å². The van der Waals surface area contributed by atoms with Gasteiger partial charge in [-0.15, -0.1) is 0 Å². The van der Waals surface area contributed by atoms with Crippen LogP contribution in [0.25, 0.3) is 0 Å². The van der Waals surface area contributed by atoms with Gasteiger partial charge in [-0.25, -0.2) is 4.39 Å². The monoisotopic (exact) mass is 282 g/mol. The fourth-order valence-corrected chi connectivity index (χ4v) is 2.00. The van der Waals surface area contributed by atoms with E-state index in [0.717, 1.165) is 0 Å². The Bertz CT molecular complexity index is 422. The predicted octanol–water partition coefficient (Wildman–Crippen LogP) is 1.71. The minimum atomic E-state index is -0.769. The van der Waals surface area contributed by atoms with Crippen molar-refractivity contribution in [2.45, 2.75) is 26.4 Å². The maximum Gasteiger partial charge on any atom is 0.223 e. The van der Waals surface area contributed by atoms with Crippen molar-refractivity contribution >= 4 is 5.91 Å². The van der Waals surface area contributed by atoms with Crippen LogP contribution in [-0.2, 0) is 4.79 Å². The molecule has 0 aromatic heterocycles. The Kier molecular flexibility index (Phi) is 7.18. The predicted molar refractivity (Wildman–Crippen MR) is 76.8 cm³/mol. The molecule has 1 unspecified atom stereocenters. The molecule has 0 saturated heterocycles. The number of rotatable bonds is 8. The number of carbonyl (C=O) groups is 1. The quantitative estimate of drug-likeness (QED) is 0.714. The smallest absolute Gasteiger partial charge is 0.223 e. The van der Waals surface area contributed by atoms with Gasteiger partial charge in [0.05, 0.1) is 6.10 Å². The molecule has 1 aromatic rings. The summed E-state index contributed by atoms with van der Waals surface area (Å²) in [4.78, 5) is 13.5. The Balaban J connectivity index is 2.29. The van der Waals surface area contributed by atoms with Gasteiger partial charge in [-0.05, 0) is 31.5 Å². The van der Waals surface area contributed by atoms with Gasteiger partial charge >= 0.3 is 0 Å². The lowest BCUT2D eigenvalue weighted by atomic mass is 10.1. The summed E-state index contributed by atoms with van der Waals surface area (Å²) in [6.45, 7) is 6.12. The number of benzene rings is 1. The molecule has 1 atom stereocenters. The number of nitrogens with one attached hydrogen (secondary N) is 1. The first-order chi connectivity index (χ1) is 9.58. The number of hydrogen-bond donors (Lipinski definition) is 2. The maximum atomic E-state index is 13.0. The molecule has 1 rings (SSSR count). The second-order valence-corrected chi connectivity index (χ2v) is 4.59. The van der Waals surface area contributed by atoms with Crippen LogP contribution in [0.1, 0.15) is 31.9 Å². The van der Waals surface area contributed by atoms with Gasteiger partial charge < -0.3 is 15.3 Å². The molecular weight excluding hydrogens is 259 g/mol. The molecule has 0 aliphatic rings. The molecule has 0 fully saturated rings. The van der Waals surface area contributed by atoms with E-state index in [4.69, 9.17) is 0 Å². The number of halogens is 1. The second kappa shape index (κ2) is 8.66. The first-order valence-electron chi connectivity index (χ1n) is 7.00. The van der Waals surface area contributed by atoms with Crippen molar-refractivity contribution in [3.8, 4) is 0 Å². The summed E-state index contributed by atoms with van der Waals surface area (Å²) in [6, 6.07) is 5.90. The van der Waals surface area contributed by atoms with Gasteiger partial charge in [-0.2, -0.15) is 0 Å². The van der Waals surface area contributed by atoms with Crippen LogP contribution >= 0.6 is 0 Å². The van der Waals surface area contributed by atoms with Crippen LogP contribution in [0.3, 0.4) is 0 Å². The van der Waals surface area contributed by atoms with Crippen LogP contribution in [0.5, 0.6) is 0 Å². The zero-order chi connectivity index (χ0) is 15.0. The number of aliphatic hydroxyl groups excluding tert-OH is 1. The Hall–Kier alpha value is -1.46. The van der Waals surface area contributed by atoms with Crippen molar-refractivity contribution in [1.82, 2.24) is 10.2 Å². The van der Waals surface area contributed by atoms with Gasteiger partial charge in [0.25, 0.3) is 0 Å². The van der Waals surface area contributed by atoms with Crippen LogP contribution < -0.4 is 5.32 Å². The molecule has 112 valence electrons. The molecule has 0 aliphatic heterocycles. The van der Waals surface area contributed by atoms with Crippen molar-refractivity contribution in [3.63, 3.8) is 0 Å². The number of nitrogens with zero attached hydrogens (tertiary/aromatic N) is 1. The van der Waals surface area contributed by atoms with E-state index in [1.165, 1.54) is 12.1 Å². The van der Waals surface area contributed by atoms with Gasteiger partial charge in [-0.1, -0.05) is 12.1 Å². The molecule has 0 saturated carbocycles. The number of aliphatic hydroxyl groups is 1. The third-order valence-electron chi connectivity index (χ3n) is 3.20. The topological polar surface area (TPSA) is 52.6 Å². The normalized spacial score (nSPS) is 12.2. The van der Waals surface area contributed by atoms with Gasteiger partial charge in [0.2, 0.25) is 5.91 Å². The highest BCUT2D eigenvalue weighted by atomic mass is 19.1. The lowest BCUT2D eigenvalue weighted by Crippen LogP contribution is -2.33. The zero-order valence-corrected chi connectivity index (χ0v) is 12.1. The Labute approximate surface area is 119 Å². The summed E-state index contributed by atoms with van der Waals surface area (Å²) in [5.74, 6) is -0.263. The molecule has 0 bridgehead atoms. The standard InChI is InChI=1S/C15H23FN2O2/c1-3-18(4-2)15(20)8-9-17-11-14(19)12-6-5-7-13(16)10-12/h5-7,10,14,17,19H,3-4,8-9,11H2,1-2H3. The van der Waals surface area contributed by atoms with E-state index in [1.54, 1.807) is 17.0 Å². The van der Waals surface area contributed by atoms with Gasteiger partial charge in [0.1, 0.15) is 5.82 Å². The molecule has 4 nitrogen and oxygen atoms in total. The molecule has 0 spiro atoms. The SMILES string of the molecule is CCN(CC)C(=O)CCNCC(O)c1cccc(F)c1. The summed E-state index contributed by atoms with van der Waals surface area (Å²) in [6.07, 6.45) is -0.369. The summed E-state index contributed by atoms with van der Waals surface area (Å²) >= 11 is 0. The third-order valence-corrected chi connectivity index (χ3v) is 3.20. The van der Waals surface area contributed by atoms with Crippen molar-refractivity contribution in [2.24, 2.45) is 0 Å². The van der Waals surface area contributed by atoms with Gasteiger partial charge in [0.15, 0.2) is 0 Å². The van der Waals surface area contributed by atoms with Gasteiger partial charge in [0, 0.05) is 32.6 Å². The van der Waals surface area contributed by atoms with Crippen molar-refractivity contribution in [2.75, 3.05) is 26.2 Å². The molecule has 20 heavy (non-hydrogen) atoms. The van der Waals surface area contributed by atoms with E-state index >= 15 is 0 Å². The minimum absolute atomic E-state index is 0.0998. The highest BCUT2D eigenvalue weighted by Crippen LogP contribution is 2.12. The van der Waals surface area contributed by atoms with Crippen molar-refractivity contribution in [1.29, 1.82) is 0 Å². The Morgan fingerprint density at radius 1 is 1.40 bits per heavy atom. The van der Waals surface area contributed by atoms with E-state index in [0.29, 0.717) is 38.2 Å². The molecule has 1 aromatic carbocycles. The first-order valence-corrected chi connectivity index (χ1v) is 7.00. The summed E-state index contributed by atoms with van der Waals surface area (Å²) in [5.41, 5.74) is 0.535. The number of carbonyl (C=O) groups excluding carboxylic acids is 1. The average molecular weight is 282 g/mol. The van der Waals surface area contributed by atoms with Crippen LogP contribution in [-0.4, -0.2) is 42.1 Å². The summed E-state index contributed by atoms with van der Waals surface area (Å²) in [5, 5.41) is 12.9. The Morgan fingerprint density at radius 3 is 2.70 bits per heavy atom. The molecule has 0 radical (unpaired) electrons. The van der Waals surface area contributed by atoms with E-state index in [2.05, 4.69) is 5.32 Å².